The van der Waals surface area contributed by atoms with Gasteiger partial charge in [-0.15, -0.1) is 0 Å². The summed E-state index contributed by atoms with van der Waals surface area (Å²) in [6.07, 6.45) is 11.7. The van der Waals surface area contributed by atoms with Crippen molar-refractivity contribution in [3.63, 3.8) is 0 Å². The van der Waals surface area contributed by atoms with E-state index in [4.69, 9.17) is 0 Å². The Kier molecular flexibility index (Phi) is 4.65. The van der Waals surface area contributed by atoms with E-state index in [9.17, 15) is 4.79 Å². The highest BCUT2D eigenvalue weighted by molar-refractivity contribution is 5.93. The highest BCUT2D eigenvalue weighted by Crippen LogP contribution is 2.20. The first kappa shape index (κ1) is 14.3. The summed E-state index contributed by atoms with van der Waals surface area (Å²) >= 11 is 0. The second-order valence-corrected chi connectivity index (χ2v) is 5.98. The molecule has 0 N–H and O–H groups in total. The van der Waals surface area contributed by atoms with E-state index in [-0.39, 0.29) is 5.91 Å². The summed E-state index contributed by atoms with van der Waals surface area (Å²) in [6, 6.07) is 3.66. The number of pyridine rings is 1. The molecule has 2 aliphatic rings. The van der Waals surface area contributed by atoms with E-state index in [1.54, 1.807) is 12.4 Å². The molecule has 0 unspecified atom stereocenters. The standard InChI is InChI=1S/C17H23N3O/c21-17(16-7-4-8-18-13-16)20-11-9-19(10-12-20)14-15-5-2-1-3-6-15/h1-2,4,7-8,13,15H,3,5-6,9-12,14H2/t15-/m0/s1. The highest BCUT2D eigenvalue weighted by Gasteiger charge is 2.23. The van der Waals surface area contributed by atoms with Gasteiger partial charge in [0.15, 0.2) is 0 Å². The van der Waals surface area contributed by atoms with Crippen LogP contribution in [0.1, 0.15) is 29.6 Å². The fourth-order valence-electron chi connectivity index (χ4n) is 3.19. The van der Waals surface area contributed by atoms with E-state index >= 15 is 0 Å². The molecule has 0 aromatic carbocycles. The number of hydrogen-bond acceptors (Lipinski definition) is 3. The quantitative estimate of drug-likeness (QED) is 0.799. The molecule has 1 atom stereocenters. The van der Waals surface area contributed by atoms with E-state index in [0.29, 0.717) is 5.56 Å². The summed E-state index contributed by atoms with van der Waals surface area (Å²) in [7, 11) is 0. The molecule has 1 aliphatic carbocycles. The summed E-state index contributed by atoms with van der Waals surface area (Å²) in [5.41, 5.74) is 0.698. The number of aromatic nitrogens is 1. The number of amides is 1. The van der Waals surface area contributed by atoms with E-state index in [1.165, 1.54) is 25.8 Å². The molecule has 0 radical (unpaired) electrons. The van der Waals surface area contributed by atoms with Gasteiger partial charge in [0, 0.05) is 45.1 Å². The zero-order chi connectivity index (χ0) is 14.5. The van der Waals surface area contributed by atoms with Crippen LogP contribution in [-0.2, 0) is 0 Å². The molecule has 1 aromatic heterocycles. The molecule has 1 aromatic rings. The van der Waals surface area contributed by atoms with Gasteiger partial charge in [-0.25, -0.2) is 0 Å². The first-order valence-corrected chi connectivity index (χ1v) is 7.89. The van der Waals surface area contributed by atoms with Crippen molar-refractivity contribution in [3.8, 4) is 0 Å². The summed E-state index contributed by atoms with van der Waals surface area (Å²) in [4.78, 5) is 20.8. The third-order valence-corrected chi connectivity index (χ3v) is 4.46. The number of nitrogens with zero attached hydrogens (tertiary/aromatic N) is 3. The Bertz CT molecular complexity index is 492. The van der Waals surface area contributed by atoms with Crippen molar-refractivity contribution < 1.29 is 4.79 Å². The lowest BCUT2D eigenvalue weighted by Crippen LogP contribution is -2.49. The Hall–Kier alpha value is -1.68. The fourth-order valence-corrected chi connectivity index (χ4v) is 3.19. The highest BCUT2D eigenvalue weighted by atomic mass is 16.2. The minimum absolute atomic E-state index is 0.114. The Balaban J connectivity index is 1.48. The normalized spacial score (nSPS) is 23.2. The van der Waals surface area contributed by atoms with Crippen LogP contribution < -0.4 is 0 Å². The Morgan fingerprint density at radius 3 is 2.76 bits per heavy atom. The van der Waals surface area contributed by atoms with Crippen LogP contribution in [0, 0.1) is 5.92 Å². The van der Waals surface area contributed by atoms with Crippen molar-refractivity contribution >= 4 is 5.91 Å². The predicted molar refractivity (Wildman–Crippen MR) is 83.1 cm³/mol. The molecule has 1 fully saturated rings. The van der Waals surface area contributed by atoms with Gasteiger partial charge in [0.25, 0.3) is 5.91 Å². The number of carbonyl (C=O) groups excluding carboxylic acids is 1. The van der Waals surface area contributed by atoms with Gasteiger partial charge in [0.1, 0.15) is 0 Å². The minimum atomic E-state index is 0.114. The monoisotopic (exact) mass is 285 g/mol. The van der Waals surface area contributed by atoms with Crippen LogP contribution in [0.5, 0.6) is 0 Å². The first-order chi connectivity index (χ1) is 10.3. The number of rotatable bonds is 3. The van der Waals surface area contributed by atoms with Crippen LogP contribution >= 0.6 is 0 Å². The molecule has 0 spiro atoms. The molecule has 0 bridgehead atoms. The van der Waals surface area contributed by atoms with Gasteiger partial charge in [-0.2, -0.15) is 0 Å². The van der Waals surface area contributed by atoms with E-state index in [0.717, 1.165) is 32.1 Å². The van der Waals surface area contributed by atoms with Crippen molar-refractivity contribution in [3.05, 3.63) is 42.2 Å². The van der Waals surface area contributed by atoms with E-state index in [1.807, 2.05) is 17.0 Å². The van der Waals surface area contributed by atoms with Crippen molar-refractivity contribution in [2.45, 2.75) is 19.3 Å². The average molecular weight is 285 g/mol. The van der Waals surface area contributed by atoms with Crippen LogP contribution in [0.15, 0.2) is 36.7 Å². The lowest BCUT2D eigenvalue weighted by atomic mass is 9.94. The largest absolute Gasteiger partial charge is 0.336 e. The number of carbonyl (C=O) groups is 1. The van der Waals surface area contributed by atoms with Gasteiger partial charge in [0.2, 0.25) is 0 Å². The lowest BCUT2D eigenvalue weighted by molar-refractivity contribution is 0.0614. The summed E-state index contributed by atoms with van der Waals surface area (Å²) in [5, 5.41) is 0. The van der Waals surface area contributed by atoms with Crippen molar-refractivity contribution in [2.24, 2.45) is 5.92 Å². The number of hydrogen-bond donors (Lipinski definition) is 0. The molecule has 0 saturated carbocycles. The maximum Gasteiger partial charge on any atom is 0.255 e. The molecule has 21 heavy (non-hydrogen) atoms. The molecule has 4 nitrogen and oxygen atoms in total. The third-order valence-electron chi connectivity index (χ3n) is 4.46. The molecule has 4 heteroatoms. The van der Waals surface area contributed by atoms with Gasteiger partial charge in [-0.05, 0) is 37.3 Å². The van der Waals surface area contributed by atoms with Crippen LogP contribution in [0.25, 0.3) is 0 Å². The number of allylic oxidation sites excluding steroid dienone is 2. The molecular weight excluding hydrogens is 262 g/mol. The van der Waals surface area contributed by atoms with E-state index < -0.39 is 0 Å². The van der Waals surface area contributed by atoms with Crippen molar-refractivity contribution in [1.82, 2.24) is 14.8 Å². The third kappa shape index (κ3) is 3.70. The second kappa shape index (κ2) is 6.85. The second-order valence-electron chi connectivity index (χ2n) is 5.98. The van der Waals surface area contributed by atoms with Crippen LogP contribution in [0.3, 0.4) is 0 Å². The van der Waals surface area contributed by atoms with Crippen LogP contribution in [0.2, 0.25) is 0 Å². The zero-order valence-corrected chi connectivity index (χ0v) is 12.4. The van der Waals surface area contributed by atoms with Gasteiger partial charge >= 0.3 is 0 Å². The van der Waals surface area contributed by atoms with Crippen LogP contribution in [0.4, 0.5) is 0 Å². The zero-order valence-electron chi connectivity index (χ0n) is 12.4. The first-order valence-electron chi connectivity index (χ1n) is 7.89. The fraction of sp³-hybridized carbons (Fsp3) is 0.529. The summed E-state index contributed by atoms with van der Waals surface area (Å²) in [6.45, 7) is 4.82. The Labute approximate surface area is 126 Å². The maximum atomic E-state index is 12.4. The minimum Gasteiger partial charge on any atom is -0.336 e. The molecular formula is C17H23N3O. The number of piperazine rings is 1. The Morgan fingerprint density at radius 1 is 1.24 bits per heavy atom. The molecule has 1 aliphatic heterocycles. The maximum absolute atomic E-state index is 12.4. The lowest BCUT2D eigenvalue weighted by Gasteiger charge is -2.36. The van der Waals surface area contributed by atoms with Crippen molar-refractivity contribution in [1.29, 1.82) is 0 Å². The van der Waals surface area contributed by atoms with Crippen molar-refractivity contribution in [2.75, 3.05) is 32.7 Å². The molecule has 112 valence electrons. The predicted octanol–water partition coefficient (Wildman–Crippen LogP) is 2.20. The SMILES string of the molecule is O=C(c1cccnc1)N1CCN(C[C@H]2CC=CCC2)CC1. The van der Waals surface area contributed by atoms with Gasteiger partial charge in [-0.3, -0.25) is 14.7 Å². The van der Waals surface area contributed by atoms with Gasteiger partial charge in [0.05, 0.1) is 5.56 Å². The Morgan fingerprint density at radius 2 is 2.10 bits per heavy atom. The van der Waals surface area contributed by atoms with E-state index in [2.05, 4.69) is 22.0 Å². The smallest absolute Gasteiger partial charge is 0.255 e. The average Bonchev–Trinajstić information content (AvgIpc) is 2.57. The molecule has 3 rings (SSSR count). The van der Waals surface area contributed by atoms with Gasteiger partial charge < -0.3 is 4.90 Å². The molecule has 1 amide bonds. The topological polar surface area (TPSA) is 36.4 Å². The molecule has 2 heterocycles. The van der Waals surface area contributed by atoms with Gasteiger partial charge in [-0.1, -0.05) is 12.2 Å². The summed E-state index contributed by atoms with van der Waals surface area (Å²) < 4.78 is 0. The molecule has 1 saturated heterocycles. The van der Waals surface area contributed by atoms with Crippen LogP contribution in [-0.4, -0.2) is 53.4 Å². The summed E-state index contributed by atoms with van der Waals surface area (Å²) in [5.74, 6) is 0.916.